The number of hydrogen-bond acceptors (Lipinski definition) is 5. The molecule has 2 rings (SSSR count). The van der Waals surface area contributed by atoms with Gasteiger partial charge in [-0.3, -0.25) is 10.2 Å². The summed E-state index contributed by atoms with van der Waals surface area (Å²) in [6, 6.07) is 7.85. The van der Waals surface area contributed by atoms with Crippen LogP contribution in [0.5, 0.6) is 0 Å². The van der Waals surface area contributed by atoms with Gasteiger partial charge in [0.2, 0.25) is 0 Å². The second-order valence-electron chi connectivity index (χ2n) is 4.22. The summed E-state index contributed by atoms with van der Waals surface area (Å²) in [5.41, 5.74) is 5.41. The van der Waals surface area contributed by atoms with Crippen LogP contribution in [-0.4, -0.2) is 43.1 Å². The van der Waals surface area contributed by atoms with Crippen LogP contribution in [0.2, 0.25) is 0 Å². The van der Waals surface area contributed by atoms with Gasteiger partial charge in [0.05, 0.1) is 23.7 Å². The first-order chi connectivity index (χ1) is 8.48. The molecular weight excluding hydrogens is 256 g/mol. The predicted molar refractivity (Wildman–Crippen MR) is 65.5 cm³/mol. The Balaban J connectivity index is 1.91. The van der Waals surface area contributed by atoms with Crippen LogP contribution >= 0.6 is 0 Å². The highest BCUT2D eigenvalue weighted by molar-refractivity contribution is 7.91. The molecule has 1 amide bonds. The number of nitrogens with one attached hydrogen (secondary N) is 2. The quantitative estimate of drug-likeness (QED) is 0.617. The number of aliphatic hydroxyl groups is 1. The molecule has 1 aromatic rings. The fourth-order valence-electron chi connectivity index (χ4n) is 1.79. The van der Waals surface area contributed by atoms with Crippen LogP contribution in [0.25, 0.3) is 0 Å². The summed E-state index contributed by atoms with van der Waals surface area (Å²) in [5.74, 6) is -0.818. The van der Waals surface area contributed by atoms with Crippen LogP contribution in [-0.2, 0) is 9.84 Å². The fourth-order valence-corrected chi connectivity index (χ4v) is 3.53. The highest BCUT2D eigenvalue weighted by Crippen LogP contribution is 2.11. The molecule has 0 radical (unpaired) electrons. The lowest BCUT2D eigenvalue weighted by atomic mass is 10.2. The van der Waals surface area contributed by atoms with Crippen molar-refractivity contribution in [2.75, 3.05) is 11.5 Å². The molecule has 6 nitrogen and oxygen atoms in total. The van der Waals surface area contributed by atoms with Gasteiger partial charge in [-0.1, -0.05) is 18.2 Å². The van der Waals surface area contributed by atoms with Gasteiger partial charge in [-0.05, 0) is 12.1 Å². The van der Waals surface area contributed by atoms with Gasteiger partial charge in [0.1, 0.15) is 0 Å². The number of benzene rings is 1. The van der Waals surface area contributed by atoms with Gasteiger partial charge in [0, 0.05) is 5.56 Å². The second kappa shape index (κ2) is 5.05. The highest BCUT2D eigenvalue weighted by Gasteiger charge is 2.36. The zero-order valence-corrected chi connectivity index (χ0v) is 10.4. The third-order valence-corrected chi connectivity index (χ3v) is 4.45. The number of hydrogen-bond donors (Lipinski definition) is 3. The van der Waals surface area contributed by atoms with Crippen molar-refractivity contribution in [3.63, 3.8) is 0 Å². The van der Waals surface area contributed by atoms with E-state index in [0.717, 1.165) is 0 Å². The number of carbonyl (C=O) groups excluding carboxylic acids is 1. The van der Waals surface area contributed by atoms with E-state index >= 15 is 0 Å². The maximum absolute atomic E-state index is 11.7. The Bertz CT molecular complexity index is 529. The molecule has 1 aliphatic heterocycles. The third kappa shape index (κ3) is 3.06. The molecule has 7 heteroatoms. The SMILES string of the molecule is O=C(NNC1CS(=O)(=O)CC1O)c1ccccc1. The van der Waals surface area contributed by atoms with Gasteiger partial charge in [-0.25, -0.2) is 13.8 Å². The second-order valence-corrected chi connectivity index (χ2v) is 6.37. The largest absolute Gasteiger partial charge is 0.390 e. The van der Waals surface area contributed by atoms with E-state index in [1.807, 2.05) is 0 Å². The summed E-state index contributed by atoms with van der Waals surface area (Å²) < 4.78 is 22.5. The first-order valence-electron chi connectivity index (χ1n) is 5.47. The molecule has 18 heavy (non-hydrogen) atoms. The average molecular weight is 270 g/mol. The highest BCUT2D eigenvalue weighted by atomic mass is 32.2. The van der Waals surface area contributed by atoms with Crippen LogP contribution in [0.3, 0.4) is 0 Å². The molecule has 1 fully saturated rings. The van der Waals surface area contributed by atoms with Gasteiger partial charge >= 0.3 is 0 Å². The molecule has 0 spiro atoms. The van der Waals surface area contributed by atoms with Gasteiger partial charge in [0.15, 0.2) is 9.84 Å². The Kier molecular flexibility index (Phi) is 3.65. The molecule has 1 saturated heterocycles. The van der Waals surface area contributed by atoms with Crippen LogP contribution < -0.4 is 10.9 Å². The predicted octanol–water partition coefficient (Wildman–Crippen LogP) is -0.921. The molecule has 1 aromatic carbocycles. The summed E-state index contributed by atoms with van der Waals surface area (Å²) in [7, 11) is -3.22. The average Bonchev–Trinajstić information content (AvgIpc) is 2.60. The van der Waals surface area contributed by atoms with E-state index in [-0.39, 0.29) is 17.4 Å². The molecule has 3 N–H and O–H groups in total. The van der Waals surface area contributed by atoms with Crippen molar-refractivity contribution in [1.29, 1.82) is 0 Å². The number of amides is 1. The van der Waals surface area contributed by atoms with E-state index in [1.165, 1.54) is 0 Å². The fraction of sp³-hybridized carbons (Fsp3) is 0.364. The monoisotopic (exact) mass is 270 g/mol. The lowest BCUT2D eigenvalue weighted by Gasteiger charge is -2.15. The normalized spacial score (nSPS) is 25.8. The van der Waals surface area contributed by atoms with Crippen LogP contribution in [0.4, 0.5) is 0 Å². The molecule has 1 heterocycles. The molecule has 0 aromatic heterocycles. The van der Waals surface area contributed by atoms with E-state index in [1.54, 1.807) is 30.3 Å². The minimum Gasteiger partial charge on any atom is -0.390 e. The van der Waals surface area contributed by atoms with E-state index in [4.69, 9.17) is 0 Å². The Labute approximate surface area is 105 Å². The summed E-state index contributed by atoms with van der Waals surface area (Å²) >= 11 is 0. The Morgan fingerprint density at radius 1 is 1.22 bits per heavy atom. The third-order valence-electron chi connectivity index (χ3n) is 2.73. The van der Waals surface area contributed by atoms with Gasteiger partial charge in [0.25, 0.3) is 5.91 Å². The molecular formula is C11H14N2O4S. The van der Waals surface area contributed by atoms with E-state index in [9.17, 15) is 18.3 Å². The molecule has 2 atom stereocenters. The lowest BCUT2D eigenvalue weighted by Crippen LogP contribution is -2.49. The van der Waals surface area contributed by atoms with Crippen molar-refractivity contribution in [1.82, 2.24) is 10.9 Å². The zero-order chi connectivity index (χ0) is 13.2. The van der Waals surface area contributed by atoms with Gasteiger partial charge < -0.3 is 5.11 Å². The van der Waals surface area contributed by atoms with Crippen molar-refractivity contribution in [2.45, 2.75) is 12.1 Å². The van der Waals surface area contributed by atoms with Gasteiger partial charge in [-0.15, -0.1) is 0 Å². The smallest absolute Gasteiger partial charge is 0.265 e. The van der Waals surface area contributed by atoms with Crippen molar-refractivity contribution in [2.24, 2.45) is 0 Å². The molecule has 2 unspecified atom stereocenters. The lowest BCUT2D eigenvalue weighted by molar-refractivity contribution is 0.0901. The van der Waals surface area contributed by atoms with Crippen molar-refractivity contribution >= 4 is 15.7 Å². The Morgan fingerprint density at radius 2 is 1.89 bits per heavy atom. The summed E-state index contributed by atoms with van der Waals surface area (Å²) in [4.78, 5) is 11.7. The number of hydrazine groups is 1. The molecule has 1 aliphatic rings. The maximum atomic E-state index is 11.7. The van der Waals surface area contributed by atoms with Crippen LogP contribution in [0, 0.1) is 0 Å². The molecule has 0 bridgehead atoms. The number of aliphatic hydroxyl groups excluding tert-OH is 1. The zero-order valence-electron chi connectivity index (χ0n) is 9.54. The summed E-state index contributed by atoms with van der Waals surface area (Å²) in [6.45, 7) is 0. The molecule has 0 saturated carbocycles. The van der Waals surface area contributed by atoms with Crippen molar-refractivity contribution in [3.8, 4) is 0 Å². The number of carbonyl (C=O) groups is 1. The van der Waals surface area contributed by atoms with Gasteiger partial charge in [-0.2, -0.15) is 0 Å². The number of sulfone groups is 1. The van der Waals surface area contributed by atoms with E-state index in [0.29, 0.717) is 5.56 Å². The van der Waals surface area contributed by atoms with Crippen LogP contribution in [0.15, 0.2) is 30.3 Å². The first-order valence-corrected chi connectivity index (χ1v) is 7.29. The van der Waals surface area contributed by atoms with Crippen molar-refractivity contribution in [3.05, 3.63) is 35.9 Å². The maximum Gasteiger partial charge on any atom is 0.265 e. The molecule has 0 aliphatic carbocycles. The van der Waals surface area contributed by atoms with Crippen molar-refractivity contribution < 1.29 is 18.3 Å². The minimum atomic E-state index is -3.22. The Hall–Kier alpha value is -1.44. The minimum absolute atomic E-state index is 0.177. The summed E-state index contributed by atoms with van der Waals surface area (Å²) in [6.07, 6.45) is -0.994. The van der Waals surface area contributed by atoms with E-state index < -0.39 is 22.0 Å². The van der Waals surface area contributed by atoms with E-state index in [2.05, 4.69) is 10.9 Å². The van der Waals surface area contributed by atoms with Crippen LogP contribution in [0.1, 0.15) is 10.4 Å². The Morgan fingerprint density at radius 3 is 2.44 bits per heavy atom. The first kappa shape index (κ1) is 13.0. The number of rotatable bonds is 3. The molecule has 98 valence electrons. The summed E-state index contributed by atoms with van der Waals surface area (Å²) in [5, 5.41) is 9.52. The standard InChI is InChI=1S/C11H14N2O4S/c14-10-7-18(16,17)6-9(10)12-13-11(15)8-4-2-1-3-5-8/h1-5,9-10,12,14H,6-7H2,(H,13,15). The topological polar surface area (TPSA) is 95.5 Å².